The molecule has 1 aromatic carbocycles. The second-order valence-corrected chi connectivity index (χ2v) is 4.38. The average Bonchev–Trinajstić information content (AvgIpc) is 2.17. The Morgan fingerprint density at radius 3 is 2.67 bits per heavy atom. The Hall–Kier alpha value is -1.64. The summed E-state index contributed by atoms with van der Waals surface area (Å²) in [4.78, 5) is 0.0687. The molecule has 78 valence electrons. The highest BCUT2D eigenvalue weighted by atomic mass is 32.2. The lowest BCUT2D eigenvalue weighted by atomic mass is 10.2. The Labute approximate surface area is 88.7 Å². The van der Waals surface area contributed by atoms with Crippen LogP contribution in [-0.4, -0.2) is 8.42 Å². The van der Waals surface area contributed by atoms with Gasteiger partial charge in [-0.05, 0) is 11.6 Å². The van der Waals surface area contributed by atoms with E-state index in [0.29, 0.717) is 5.56 Å². The predicted octanol–water partition coefficient (Wildman–Crippen LogP) is 1.26. The molecule has 0 aromatic heterocycles. The molecular formula is C10H10N2O2S. The molecule has 0 spiro atoms. The quantitative estimate of drug-likeness (QED) is 0.835. The fraction of sp³-hybridized carbons (Fsp3) is 0.100. The number of nitrogens with zero attached hydrogens (tertiary/aromatic N) is 1. The van der Waals surface area contributed by atoms with Gasteiger partial charge < -0.3 is 0 Å². The number of allylic oxidation sites excluding steroid dienone is 1. The third-order valence-electron chi connectivity index (χ3n) is 1.73. The van der Waals surface area contributed by atoms with E-state index in [-0.39, 0.29) is 11.3 Å². The molecule has 1 aromatic rings. The molecule has 0 unspecified atom stereocenters. The maximum Gasteiger partial charge on any atom is 0.238 e. The molecule has 15 heavy (non-hydrogen) atoms. The monoisotopic (exact) mass is 222 g/mol. The summed E-state index contributed by atoms with van der Waals surface area (Å²) in [7, 11) is -3.70. The molecule has 0 saturated carbocycles. The van der Waals surface area contributed by atoms with Crippen molar-refractivity contribution in [3.8, 4) is 6.07 Å². The highest BCUT2D eigenvalue weighted by Gasteiger charge is 2.10. The Morgan fingerprint density at radius 2 is 2.07 bits per heavy atom. The smallest absolute Gasteiger partial charge is 0.225 e. The summed E-state index contributed by atoms with van der Waals surface area (Å²) >= 11 is 0. The van der Waals surface area contributed by atoms with E-state index in [9.17, 15) is 8.42 Å². The van der Waals surface area contributed by atoms with Crippen LogP contribution in [0.3, 0.4) is 0 Å². The number of nitriles is 1. The van der Waals surface area contributed by atoms with E-state index in [1.807, 2.05) is 6.07 Å². The molecule has 1 rings (SSSR count). The first-order valence-corrected chi connectivity index (χ1v) is 5.75. The SMILES string of the molecule is N#CC/C=C/c1ccccc1S(N)(=O)=O. The van der Waals surface area contributed by atoms with Gasteiger partial charge in [-0.2, -0.15) is 5.26 Å². The van der Waals surface area contributed by atoms with Gasteiger partial charge in [-0.15, -0.1) is 0 Å². The van der Waals surface area contributed by atoms with Crippen molar-refractivity contribution in [3.05, 3.63) is 35.9 Å². The summed E-state index contributed by atoms with van der Waals surface area (Å²) < 4.78 is 22.3. The van der Waals surface area contributed by atoms with Gasteiger partial charge in [0.2, 0.25) is 10.0 Å². The summed E-state index contributed by atoms with van der Waals surface area (Å²) in [6.45, 7) is 0. The zero-order chi connectivity index (χ0) is 11.3. The number of sulfonamides is 1. The van der Waals surface area contributed by atoms with Gasteiger partial charge >= 0.3 is 0 Å². The average molecular weight is 222 g/mol. The zero-order valence-corrected chi connectivity index (χ0v) is 8.74. The van der Waals surface area contributed by atoms with E-state index in [1.165, 1.54) is 6.07 Å². The molecular weight excluding hydrogens is 212 g/mol. The van der Waals surface area contributed by atoms with Crippen molar-refractivity contribution < 1.29 is 8.42 Å². The Morgan fingerprint density at radius 1 is 1.40 bits per heavy atom. The van der Waals surface area contributed by atoms with Crippen molar-refractivity contribution in [3.63, 3.8) is 0 Å². The largest absolute Gasteiger partial charge is 0.238 e. The molecule has 0 saturated heterocycles. The van der Waals surface area contributed by atoms with Crippen LogP contribution in [0, 0.1) is 11.3 Å². The molecule has 0 radical (unpaired) electrons. The second-order valence-electron chi connectivity index (χ2n) is 2.85. The highest BCUT2D eigenvalue weighted by molar-refractivity contribution is 7.89. The summed E-state index contributed by atoms with van der Waals surface area (Å²) in [5, 5.41) is 13.4. The van der Waals surface area contributed by atoms with Crippen molar-refractivity contribution >= 4 is 16.1 Å². The molecule has 2 N–H and O–H groups in total. The molecule has 0 heterocycles. The third kappa shape index (κ3) is 3.20. The van der Waals surface area contributed by atoms with Crippen molar-refractivity contribution in [2.45, 2.75) is 11.3 Å². The maximum absolute atomic E-state index is 11.2. The van der Waals surface area contributed by atoms with Crippen LogP contribution < -0.4 is 5.14 Å². The third-order valence-corrected chi connectivity index (χ3v) is 2.72. The normalized spacial score (nSPS) is 11.5. The molecule has 4 nitrogen and oxygen atoms in total. The summed E-state index contributed by atoms with van der Waals surface area (Å²) in [5.41, 5.74) is 0.496. The molecule has 0 fully saturated rings. The molecule has 0 aliphatic heterocycles. The van der Waals surface area contributed by atoms with E-state index in [4.69, 9.17) is 10.4 Å². The number of hydrogen-bond acceptors (Lipinski definition) is 3. The van der Waals surface area contributed by atoms with Crippen LogP contribution in [0.25, 0.3) is 6.08 Å². The number of benzene rings is 1. The van der Waals surface area contributed by atoms with Gasteiger partial charge in [0.15, 0.2) is 0 Å². The molecule has 0 atom stereocenters. The number of rotatable bonds is 3. The fourth-order valence-corrected chi connectivity index (χ4v) is 1.85. The first-order chi connectivity index (χ1) is 7.05. The molecule has 0 aliphatic carbocycles. The van der Waals surface area contributed by atoms with Gasteiger partial charge in [0.1, 0.15) is 0 Å². The number of primary sulfonamides is 1. The zero-order valence-electron chi connectivity index (χ0n) is 7.92. The molecule has 0 bridgehead atoms. The lowest BCUT2D eigenvalue weighted by molar-refractivity contribution is 0.597. The Bertz CT molecular complexity index is 512. The second kappa shape index (κ2) is 4.73. The van der Waals surface area contributed by atoms with E-state index in [2.05, 4.69) is 0 Å². The lowest BCUT2D eigenvalue weighted by Gasteiger charge is -2.01. The van der Waals surface area contributed by atoms with E-state index in [1.54, 1.807) is 30.4 Å². The maximum atomic E-state index is 11.2. The van der Waals surface area contributed by atoms with Gasteiger partial charge in [0.05, 0.1) is 17.4 Å². The fourth-order valence-electron chi connectivity index (χ4n) is 1.12. The van der Waals surface area contributed by atoms with Crippen LogP contribution in [0.5, 0.6) is 0 Å². The molecule has 0 amide bonds. The first-order valence-electron chi connectivity index (χ1n) is 4.21. The molecule has 5 heteroatoms. The van der Waals surface area contributed by atoms with Crippen LogP contribution in [0.15, 0.2) is 35.2 Å². The van der Waals surface area contributed by atoms with Crippen molar-refractivity contribution in [2.75, 3.05) is 0 Å². The van der Waals surface area contributed by atoms with Gasteiger partial charge in [-0.1, -0.05) is 30.4 Å². The number of nitrogens with two attached hydrogens (primary N) is 1. The van der Waals surface area contributed by atoms with Crippen molar-refractivity contribution in [1.82, 2.24) is 0 Å². The van der Waals surface area contributed by atoms with Crippen LogP contribution in [-0.2, 0) is 10.0 Å². The lowest BCUT2D eigenvalue weighted by Crippen LogP contribution is -2.13. The summed E-state index contributed by atoms with van der Waals surface area (Å²) in [5.74, 6) is 0. The van der Waals surface area contributed by atoms with Crippen LogP contribution in [0.2, 0.25) is 0 Å². The minimum Gasteiger partial charge on any atom is -0.225 e. The Kier molecular flexibility index (Phi) is 3.61. The molecule has 0 aliphatic rings. The van der Waals surface area contributed by atoms with Crippen LogP contribution >= 0.6 is 0 Å². The van der Waals surface area contributed by atoms with E-state index in [0.717, 1.165) is 0 Å². The first kappa shape index (κ1) is 11.4. The minimum atomic E-state index is -3.70. The summed E-state index contributed by atoms with van der Waals surface area (Å²) in [6.07, 6.45) is 3.39. The van der Waals surface area contributed by atoms with Crippen LogP contribution in [0.1, 0.15) is 12.0 Å². The summed E-state index contributed by atoms with van der Waals surface area (Å²) in [6, 6.07) is 8.30. The Balaban J connectivity index is 3.15. The highest BCUT2D eigenvalue weighted by Crippen LogP contribution is 2.15. The number of hydrogen-bond donors (Lipinski definition) is 1. The van der Waals surface area contributed by atoms with Gasteiger partial charge in [-0.25, -0.2) is 13.6 Å². The van der Waals surface area contributed by atoms with Crippen molar-refractivity contribution in [1.29, 1.82) is 5.26 Å². The van der Waals surface area contributed by atoms with Gasteiger partial charge in [0, 0.05) is 0 Å². The minimum absolute atomic E-state index is 0.0687. The topological polar surface area (TPSA) is 83.9 Å². The van der Waals surface area contributed by atoms with Crippen molar-refractivity contribution in [2.24, 2.45) is 5.14 Å². The van der Waals surface area contributed by atoms with Crippen LogP contribution in [0.4, 0.5) is 0 Å². The standard InChI is InChI=1S/C10H10N2O2S/c11-8-4-3-6-9-5-1-2-7-10(9)15(12,13)14/h1-3,5-7H,4H2,(H2,12,13,14)/b6-3+. The van der Waals surface area contributed by atoms with Gasteiger partial charge in [-0.3, -0.25) is 0 Å². The van der Waals surface area contributed by atoms with E-state index >= 15 is 0 Å². The van der Waals surface area contributed by atoms with E-state index < -0.39 is 10.0 Å². The predicted molar refractivity (Wildman–Crippen MR) is 57.1 cm³/mol. The van der Waals surface area contributed by atoms with Gasteiger partial charge in [0.25, 0.3) is 0 Å².